The molecule has 7 nitrogen and oxygen atoms in total. The van der Waals surface area contributed by atoms with Gasteiger partial charge in [0.2, 0.25) is 0 Å². The molecule has 1 saturated heterocycles. The number of hydrogen-bond acceptors (Lipinski definition) is 5. The van der Waals surface area contributed by atoms with Crippen LogP contribution in [0.25, 0.3) is 0 Å². The van der Waals surface area contributed by atoms with Gasteiger partial charge >= 0.3 is 0 Å². The summed E-state index contributed by atoms with van der Waals surface area (Å²) in [5.41, 5.74) is 0.457. The monoisotopic (exact) mass is 298 g/mol. The number of anilines is 1. The van der Waals surface area contributed by atoms with Crippen LogP contribution < -0.4 is 10.2 Å². The summed E-state index contributed by atoms with van der Waals surface area (Å²) in [5.74, 6) is 2.35. The number of hydrogen-bond donors (Lipinski definition) is 1. The zero-order valence-electron chi connectivity index (χ0n) is 12.4. The number of carbonyl (C=O) groups excluding carboxylic acids is 1. The minimum absolute atomic E-state index is 0.119. The fraction of sp³-hybridized carbons (Fsp3) is 0.467. The first-order chi connectivity index (χ1) is 10.7. The van der Waals surface area contributed by atoms with Crippen molar-refractivity contribution in [2.45, 2.75) is 24.8 Å². The SMILES string of the molecule is Cn1ccc(C(=O)NC2CN(c3ccnc(C4CC4)n3)C2)n1. The average Bonchev–Trinajstić information content (AvgIpc) is 3.24. The van der Waals surface area contributed by atoms with Crippen LogP contribution in [0.4, 0.5) is 5.82 Å². The lowest BCUT2D eigenvalue weighted by molar-refractivity contribution is 0.0924. The lowest BCUT2D eigenvalue weighted by Crippen LogP contribution is -2.59. The number of rotatable bonds is 4. The minimum atomic E-state index is -0.119. The second kappa shape index (κ2) is 5.08. The molecule has 0 spiro atoms. The van der Waals surface area contributed by atoms with E-state index in [1.807, 2.05) is 12.3 Å². The lowest BCUT2D eigenvalue weighted by atomic mass is 10.1. The summed E-state index contributed by atoms with van der Waals surface area (Å²) in [6.07, 6.45) is 6.00. The predicted octanol–water partition coefficient (Wildman–Crippen LogP) is 0.706. The van der Waals surface area contributed by atoms with E-state index in [1.54, 1.807) is 24.0 Å². The van der Waals surface area contributed by atoms with E-state index < -0.39 is 0 Å². The van der Waals surface area contributed by atoms with Crippen LogP contribution in [0.5, 0.6) is 0 Å². The van der Waals surface area contributed by atoms with Crippen molar-refractivity contribution in [3.05, 3.63) is 36.0 Å². The zero-order chi connectivity index (χ0) is 15.1. The second-order valence-electron chi connectivity index (χ2n) is 6.00. The molecule has 1 aliphatic carbocycles. The topological polar surface area (TPSA) is 75.9 Å². The standard InChI is InChI=1S/C15H18N6O/c1-20-7-5-12(19-20)15(22)17-11-8-21(9-11)13-4-6-16-14(18-13)10-2-3-10/h4-7,10-11H,2-3,8-9H2,1H3,(H,17,22). The molecule has 0 radical (unpaired) electrons. The van der Waals surface area contributed by atoms with Gasteiger partial charge in [0.25, 0.3) is 5.91 Å². The van der Waals surface area contributed by atoms with E-state index in [0.29, 0.717) is 11.6 Å². The molecule has 1 saturated carbocycles. The Bertz CT molecular complexity index is 702. The molecule has 0 unspecified atom stereocenters. The van der Waals surface area contributed by atoms with Crippen molar-refractivity contribution in [3.63, 3.8) is 0 Å². The van der Waals surface area contributed by atoms with Gasteiger partial charge < -0.3 is 10.2 Å². The highest BCUT2D eigenvalue weighted by Crippen LogP contribution is 2.38. The Labute approximate surface area is 128 Å². The summed E-state index contributed by atoms with van der Waals surface area (Å²) >= 11 is 0. The fourth-order valence-corrected chi connectivity index (χ4v) is 2.63. The third kappa shape index (κ3) is 2.54. The van der Waals surface area contributed by atoms with Crippen LogP contribution in [0.2, 0.25) is 0 Å². The van der Waals surface area contributed by atoms with Crippen LogP contribution in [-0.2, 0) is 7.05 Å². The molecular weight excluding hydrogens is 280 g/mol. The normalized spacial score (nSPS) is 18.1. The van der Waals surface area contributed by atoms with Crippen molar-refractivity contribution < 1.29 is 4.79 Å². The van der Waals surface area contributed by atoms with Crippen LogP contribution in [0.1, 0.15) is 35.1 Å². The Morgan fingerprint density at radius 2 is 2.14 bits per heavy atom. The van der Waals surface area contributed by atoms with Crippen molar-refractivity contribution in [2.75, 3.05) is 18.0 Å². The maximum Gasteiger partial charge on any atom is 0.272 e. The van der Waals surface area contributed by atoms with Gasteiger partial charge in [-0.05, 0) is 25.0 Å². The Hall–Kier alpha value is -2.44. The highest BCUT2D eigenvalue weighted by atomic mass is 16.2. The lowest BCUT2D eigenvalue weighted by Gasteiger charge is -2.40. The number of nitrogens with zero attached hydrogens (tertiary/aromatic N) is 5. The van der Waals surface area contributed by atoms with E-state index in [9.17, 15) is 4.79 Å². The maximum absolute atomic E-state index is 12.0. The van der Waals surface area contributed by atoms with Crippen LogP contribution in [-0.4, -0.2) is 44.8 Å². The number of nitrogens with one attached hydrogen (secondary N) is 1. The van der Waals surface area contributed by atoms with Crippen LogP contribution >= 0.6 is 0 Å². The first-order valence-electron chi connectivity index (χ1n) is 7.57. The molecule has 2 aliphatic rings. The van der Waals surface area contributed by atoms with E-state index in [0.717, 1.165) is 24.7 Å². The second-order valence-corrected chi connectivity index (χ2v) is 6.00. The van der Waals surface area contributed by atoms with Crippen molar-refractivity contribution in [2.24, 2.45) is 7.05 Å². The molecule has 1 aliphatic heterocycles. The van der Waals surface area contributed by atoms with E-state index >= 15 is 0 Å². The molecular formula is C15H18N6O. The van der Waals surface area contributed by atoms with E-state index in [4.69, 9.17) is 0 Å². The summed E-state index contributed by atoms with van der Waals surface area (Å²) in [4.78, 5) is 23.1. The Morgan fingerprint density at radius 1 is 1.32 bits per heavy atom. The molecule has 0 atom stereocenters. The highest BCUT2D eigenvalue weighted by molar-refractivity contribution is 5.92. The van der Waals surface area contributed by atoms with E-state index in [2.05, 4.69) is 25.3 Å². The Morgan fingerprint density at radius 3 is 2.82 bits per heavy atom. The predicted molar refractivity (Wildman–Crippen MR) is 80.7 cm³/mol. The molecule has 0 aromatic carbocycles. The number of carbonyl (C=O) groups is 1. The molecule has 0 bridgehead atoms. The molecule has 7 heteroatoms. The Balaban J connectivity index is 1.34. The quantitative estimate of drug-likeness (QED) is 0.899. The summed E-state index contributed by atoms with van der Waals surface area (Å²) in [6, 6.07) is 3.80. The average molecular weight is 298 g/mol. The number of aromatic nitrogens is 4. The molecule has 2 aromatic heterocycles. The molecule has 3 heterocycles. The van der Waals surface area contributed by atoms with Crippen molar-refractivity contribution in [1.29, 1.82) is 0 Å². The maximum atomic E-state index is 12.0. The van der Waals surface area contributed by atoms with Gasteiger partial charge in [-0.1, -0.05) is 0 Å². The van der Waals surface area contributed by atoms with Gasteiger partial charge in [0.15, 0.2) is 0 Å². The van der Waals surface area contributed by atoms with Gasteiger partial charge in [-0.2, -0.15) is 5.10 Å². The number of aryl methyl sites for hydroxylation is 1. The van der Waals surface area contributed by atoms with E-state index in [-0.39, 0.29) is 11.9 Å². The Kier molecular flexibility index (Phi) is 3.06. The van der Waals surface area contributed by atoms with Crippen LogP contribution in [0.3, 0.4) is 0 Å². The summed E-state index contributed by atoms with van der Waals surface area (Å²) in [7, 11) is 1.80. The summed E-state index contributed by atoms with van der Waals surface area (Å²) in [6.45, 7) is 1.55. The smallest absolute Gasteiger partial charge is 0.272 e. The first-order valence-corrected chi connectivity index (χ1v) is 7.57. The zero-order valence-corrected chi connectivity index (χ0v) is 12.4. The third-order valence-corrected chi connectivity index (χ3v) is 4.09. The number of amides is 1. The molecule has 2 aromatic rings. The third-order valence-electron chi connectivity index (χ3n) is 4.09. The van der Waals surface area contributed by atoms with Gasteiger partial charge in [-0.25, -0.2) is 9.97 Å². The van der Waals surface area contributed by atoms with Gasteiger partial charge in [0.05, 0.1) is 6.04 Å². The highest BCUT2D eigenvalue weighted by Gasteiger charge is 2.31. The first kappa shape index (κ1) is 13.2. The molecule has 114 valence electrons. The van der Waals surface area contributed by atoms with Crippen LogP contribution in [0.15, 0.2) is 24.5 Å². The molecule has 1 N–H and O–H groups in total. The molecule has 2 fully saturated rings. The van der Waals surface area contributed by atoms with Crippen molar-refractivity contribution in [1.82, 2.24) is 25.1 Å². The molecule has 4 rings (SSSR count). The fourth-order valence-electron chi connectivity index (χ4n) is 2.63. The van der Waals surface area contributed by atoms with Gasteiger partial charge in [-0.15, -0.1) is 0 Å². The van der Waals surface area contributed by atoms with Crippen LogP contribution in [0, 0.1) is 0 Å². The molecule has 22 heavy (non-hydrogen) atoms. The van der Waals surface area contributed by atoms with Gasteiger partial charge in [-0.3, -0.25) is 9.48 Å². The van der Waals surface area contributed by atoms with Crippen molar-refractivity contribution >= 4 is 11.7 Å². The summed E-state index contributed by atoms with van der Waals surface area (Å²) < 4.78 is 1.63. The van der Waals surface area contributed by atoms with Gasteiger partial charge in [0.1, 0.15) is 17.3 Å². The summed E-state index contributed by atoms with van der Waals surface area (Å²) in [5, 5.41) is 7.10. The van der Waals surface area contributed by atoms with E-state index in [1.165, 1.54) is 12.8 Å². The minimum Gasteiger partial charge on any atom is -0.352 e. The van der Waals surface area contributed by atoms with Crippen molar-refractivity contribution in [3.8, 4) is 0 Å². The van der Waals surface area contributed by atoms with Gasteiger partial charge in [0, 0.05) is 38.4 Å². The molecule has 1 amide bonds. The largest absolute Gasteiger partial charge is 0.352 e.